The minimum absolute atomic E-state index is 0.244. The summed E-state index contributed by atoms with van der Waals surface area (Å²) in [4.78, 5) is 9.87. The molecule has 0 aromatic heterocycles. The SMILES string of the molecule is NCCCc1cccc([N+](=O)[O-])c1O. The Bertz CT molecular complexity index is 339. The summed E-state index contributed by atoms with van der Waals surface area (Å²) in [5, 5.41) is 20.0. The highest BCUT2D eigenvalue weighted by atomic mass is 16.6. The lowest BCUT2D eigenvalue weighted by Crippen LogP contribution is -2.01. The zero-order valence-electron chi connectivity index (χ0n) is 7.64. The molecule has 5 heteroatoms. The first-order chi connectivity index (χ1) is 6.66. The van der Waals surface area contributed by atoms with Crippen LogP contribution in [0.15, 0.2) is 18.2 Å². The van der Waals surface area contributed by atoms with E-state index >= 15 is 0 Å². The van der Waals surface area contributed by atoms with Crippen molar-refractivity contribution in [1.82, 2.24) is 0 Å². The van der Waals surface area contributed by atoms with Gasteiger partial charge >= 0.3 is 5.69 Å². The molecule has 1 rings (SSSR count). The number of nitrogens with zero attached hydrogens (tertiary/aromatic N) is 1. The molecular formula is C9H12N2O3. The molecule has 0 atom stereocenters. The van der Waals surface area contributed by atoms with Crippen LogP contribution >= 0.6 is 0 Å². The summed E-state index contributed by atoms with van der Waals surface area (Å²) in [6, 6.07) is 4.50. The van der Waals surface area contributed by atoms with Gasteiger partial charge in [0.2, 0.25) is 0 Å². The van der Waals surface area contributed by atoms with Crippen LogP contribution in [0.5, 0.6) is 5.75 Å². The van der Waals surface area contributed by atoms with Crippen LogP contribution in [-0.2, 0) is 6.42 Å². The van der Waals surface area contributed by atoms with Crippen LogP contribution in [-0.4, -0.2) is 16.6 Å². The number of phenols is 1. The summed E-state index contributed by atoms with van der Waals surface area (Å²) < 4.78 is 0. The molecule has 0 amide bonds. The van der Waals surface area contributed by atoms with Gasteiger partial charge in [0, 0.05) is 11.6 Å². The number of rotatable bonds is 4. The molecule has 0 aliphatic carbocycles. The van der Waals surface area contributed by atoms with Crippen molar-refractivity contribution >= 4 is 5.69 Å². The van der Waals surface area contributed by atoms with Crippen LogP contribution in [0.2, 0.25) is 0 Å². The van der Waals surface area contributed by atoms with Crippen LogP contribution in [0.3, 0.4) is 0 Å². The standard InChI is InChI=1S/C9H12N2O3/c10-6-2-4-7-3-1-5-8(9(7)12)11(13)14/h1,3,5,12H,2,4,6,10H2. The Morgan fingerprint density at radius 3 is 2.79 bits per heavy atom. The third kappa shape index (κ3) is 2.20. The van der Waals surface area contributed by atoms with Crippen LogP contribution < -0.4 is 5.73 Å². The van der Waals surface area contributed by atoms with Crippen molar-refractivity contribution in [2.45, 2.75) is 12.8 Å². The molecule has 0 radical (unpaired) electrons. The topological polar surface area (TPSA) is 89.4 Å². The van der Waals surface area contributed by atoms with Gasteiger partial charge in [-0.15, -0.1) is 0 Å². The van der Waals surface area contributed by atoms with Gasteiger partial charge in [-0.3, -0.25) is 10.1 Å². The minimum atomic E-state index is -0.596. The molecule has 1 aromatic carbocycles. The van der Waals surface area contributed by atoms with Gasteiger partial charge in [-0.05, 0) is 19.4 Å². The second-order valence-electron chi connectivity index (χ2n) is 2.93. The number of nitrogens with two attached hydrogens (primary N) is 1. The van der Waals surface area contributed by atoms with Gasteiger partial charge in [-0.2, -0.15) is 0 Å². The van der Waals surface area contributed by atoms with Crippen molar-refractivity contribution < 1.29 is 10.0 Å². The summed E-state index contributed by atoms with van der Waals surface area (Å²) in [5.41, 5.74) is 5.63. The Hall–Kier alpha value is -1.62. The normalized spacial score (nSPS) is 10.1. The number of hydrogen-bond acceptors (Lipinski definition) is 4. The molecule has 76 valence electrons. The fraction of sp³-hybridized carbons (Fsp3) is 0.333. The Kier molecular flexibility index (Phi) is 3.41. The Labute approximate surface area is 81.3 Å². The minimum Gasteiger partial charge on any atom is -0.502 e. The van der Waals surface area contributed by atoms with Crippen molar-refractivity contribution in [1.29, 1.82) is 0 Å². The molecule has 0 fully saturated rings. The number of benzene rings is 1. The van der Waals surface area contributed by atoms with Crippen LogP contribution in [0.4, 0.5) is 5.69 Å². The van der Waals surface area contributed by atoms with Gasteiger partial charge in [-0.1, -0.05) is 12.1 Å². The van der Waals surface area contributed by atoms with Crippen LogP contribution in [0.1, 0.15) is 12.0 Å². The predicted octanol–water partition coefficient (Wildman–Crippen LogP) is 1.19. The average Bonchev–Trinajstić information content (AvgIpc) is 2.16. The zero-order chi connectivity index (χ0) is 10.6. The number of aryl methyl sites for hydroxylation is 1. The summed E-state index contributed by atoms with van der Waals surface area (Å²) in [6.07, 6.45) is 1.26. The quantitative estimate of drug-likeness (QED) is 0.559. The first-order valence-electron chi connectivity index (χ1n) is 4.32. The molecule has 0 aliphatic heterocycles. The number of aromatic hydroxyl groups is 1. The van der Waals surface area contributed by atoms with Gasteiger partial charge in [-0.25, -0.2) is 0 Å². The van der Waals surface area contributed by atoms with Crippen LogP contribution in [0.25, 0.3) is 0 Å². The number of nitro groups is 1. The third-order valence-electron chi connectivity index (χ3n) is 1.95. The average molecular weight is 196 g/mol. The van der Waals surface area contributed by atoms with Gasteiger partial charge in [0.05, 0.1) is 4.92 Å². The highest BCUT2D eigenvalue weighted by Gasteiger charge is 2.15. The lowest BCUT2D eigenvalue weighted by molar-refractivity contribution is -0.385. The van der Waals surface area contributed by atoms with E-state index in [-0.39, 0.29) is 11.4 Å². The van der Waals surface area contributed by atoms with Crippen molar-refractivity contribution in [2.75, 3.05) is 6.54 Å². The number of para-hydroxylation sites is 1. The molecular weight excluding hydrogens is 184 g/mol. The van der Waals surface area contributed by atoms with E-state index in [1.165, 1.54) is 6.07 Å². The van der Waals surface area contributed by atoms with Gasteiger partial charge in [0.15, 0.2) is 5.75 Å². The van der Waals surface area contributed by atoms with E-state index in [1.54, 1.807) is 12.1 Å². The summed E-state index contributed by atoms with van der Waals surface area (Å²) in [7, 11) is 0. The molecule has 0 saturated heterocycles. The maximum absolute atomic E-state index is 10.5. The van der Waals surface area contributed by atoms with E-state index in [0.29, 0.717) is 24.9 Å². The molecule has 1 aromatic rings. The van der Waals surface area contributed by atoms with Crippen LogP contribution in [0, 0.1) is 10.1 Å². The summed E-state index contributed by atoms with van der Waals surface area (Å²) >= 11 is 0. The maximum Gasteiger partial charge on any atom is 0.310 e. The zero-order valence-corrected chi connectivity index (χ0v) is 7.64. The van der Waals surface area contributed by atoms with Crippen molar-refractivity contribution in [3.8, 4) is 5.75 Å². The third-order valence-corrected chi connectivity index (χ3v) is 1.95. The second kappa shape index (κ2) is 4.57. The van der Waals surface area contributed by atoms with Crippen molar-refractivity contribution in [3.05, 3.63) is 33.9 Å². The fourth-order valence-corrected chi connectivity index (χ4v) is 1.22. The predicted molar refractivity (Wildman–Crippen MR) is 52.1 cm³/mol. The molecule has 0 unspecified atom stereocenters. The van der Waals surface area contributed by atoms with E-state index in [2.05, 4.69) is 0 Å². The molecule has 0 heterocycles. The Morgan fingerprint density at radius 2 is 2.21 bits per heavy atom. The van der Waals surface area contributed by atoms with Gasteiger partial charge in [0.25, 0.3) is 0 Å². The lowest BCUT2D eigenvalue weighted by atomic mass is 10.1. The van der Waals surface area contributed by atoms with E-state index in [9.17, 15) is 15.2 Å². The summed E-state index contributed by atoms with van der Waals surface area (Å²) in [6.45, 7) is 0.502. The summed E-state index contributed by atoms with van der Waals surface area (Å²) in [5.74, 6) is -0.244. The molecule has 3 N–H and O–H groups in total. The first kappa shape index (κ1) is 10.5. The molecule has 14 heavy (non-hydrogen) atoms. The lowest BCUT2D eigenvalue weighted by Gasteiger charge is -2.03. The molecule has 5 nitrogen and oxygen atoms in total. The largest absolute Gasteiger partial charge is 0.502 e. The fourth-order valence-electron chi connectivity index (χ4n) is 1.22. The Morgan fingerprint density at radius 1 is 1.50 bits per heavy atom. The van der Waals surface area contributed by atoms with Crippen molar-refractivity contribution in [3.63, 3.8) is 0 Å². The van der Waals surface area contributed by atoms with Crippen molar-refractivity contribution in [2.24, 2.45) is 5.73 Å². The molecule has 0 saturated carbocycles. The van der Waals surface area contributed by atoms with E-state index in [4.69, 9.17) is 5.73 Å². The van der Waals surface area contributed by atoms with E-state index < -0.39 is 4.92 Å². The van der Waals surface area contributed by atoms with E-state index in [1.807, 2.05) is 0 Å². The second-order valence-corrected chi connectivity index (χ2v) is 2.93. The maximum atomic E-state index is 10.5. The number of hydrogen-bond donors (Lipinski definition) is 2. The smallest absolute Gasteiger partial charge is 0.310 e. The first-order valence-corrected chi connectivity index (χ1v) is 4.32. The van der Waals surface area contributed by atoms with E-state index in [0.717, 1.165) is 0 Å². The van der Waals surface area contributed by atoms with Gasteiger partial charge in [0.1, 0.15) is 0 Å². The molecule has 0 spiro atoms. The highest BCUT2D eigenvalue weighted by molar-refractivity contribution is 5.50. The molecule has 0 aliphatic rings. The van der Waals surface area contributed by atoms with Gasteiger partial charge < -0.3 is 10.8 Å². The monoisotopic (exact) mass is 196 g/mol. The molecule has 0 bridgehead atoms. The number of phenolic OH excluding ortho intramolecular Hbond substituents is 1. The highest BCUT2D eigenvalue weighted by Crippen LogP contribution is 2.29. The Balaban J connectivity index is 2.95. The number of nitro benzene ring substituents is 1.